The molecule has 5 nitrogen and oxygen atoms in total. The second-order valence-electron chi connectivity index (χ2n) is 6.96. The first-order valence-corrected chi connectivity index (χ1v) is 9.08. The van der Waals surface area contributed by atoms with Crippen molar-refractivity contribution in [3.8, 4) is 17.2 Å². The molecular formula is C23H21NO4. The van der Waals surface area contributed by atoms with E-state index in [0.717, 1.165) is 22.3 Å². The molecule has 0 spiro atoms. The number of phenols is 1. The molecule has 0 unspecified atom stereocenters. The third kappa shape index (κ3) is 3.51. The lowest BCUT2D eigenvalue weighted by Gasteiger charge is -2.21. The Kier molecular flexibility index (Phi) is 4.65. The molecule has 5 heteroatoms. The van der Waals surface area contributed by atoms with E-state index in [1.54, 1.807) is 0 Å². The monoisotopic (exact) mass is 375 g/mol. The first-order chi connectivity index (χ1) is 13.5. The van der Waals surface area contributed by atoms with Crippen LogP contribution in [0.25, 0.3) is 0 Å². The summed E-state index contributed by atoms with van der Waals surface area (Å²) in [6.45, 7) is 4.11. The summed E-state index contributed by atoms with van der Waals surface area (Å²) in [4.78, 5) is 13.0. The van der Waals surface area contributed by atoms with Crippen molar-refractivity contribution in [1.29, 1.82) is 0 Å². The molecule has 0 saturated heterocycles. The summed E-state index contributed by atoms with van der Waals surface area (Å²) in [7, 11) is 0. The normalized spacial score (nSPS) is 12.2. The Hall–Kier alpha value is -3.47. The number of carbonyl (C=O) groups excluding carboxylic acids is 1. The van der Waals surface area contributed by atoms with Crippen molar-refractivity contribution in [2.45, 2.75) is 19.9 Å². The molecule has 0 atom stereocenters. The van der Waals surface area contributed by atoms with Gasteiger partial charge in [-0.25, -0.2) is 0 Å². The Morgan fingerprint density at radius 2 is 1.50 bits per heavy atom. The number of rotatable bonds is 4. The molecule has 0 bridgehead atoms. The number of aryl methyl sites for hydroxylation is 2. The molecule has 0 aliphatic carbocycles. The predicted molar refractivity (Wildman–Crippen MR) is 106 cm³/mol. The number of ether oxygens (including phenoxy) is 2. The van der Waals surface area contributed by atoms with Gasteiger partial charge in [0.15, 0.2) is 11.5 Å². The highest BCUT2D eigenvalue weighted by atomic mass is 16.7. The molecule has 0 saturated carbocycles. The summed E-state index contributed by atoms with van der Waals surface area (Å²) in [5, 5.41) is 13.3. The van der Waals surface area contributed by atoms with E-state index in [0.29, 0.717) is 11.5 Å². The van der Waals surface area contributed by atoms with Gasteiger partial charge in [0.05, 0.1) is 11.6 Å². The molecule has 3 aromatic rings. The number of aromatic hydroxyl groups is 1. The summed E-state index contributed by atoms with van der Waals surface area (Å²) >= 11 is 0. The van der Waals surface area contributed by atoms with Crippen LogP contribution in [0.3, 0.4) is 0 Å². The summed E-state index contributed by atoms with van der Waals surface area (Å²) < 4.78 is 10.6. The first-order valence-electron chi connectivity index (χ1n) is 9.08. The van der Waals surface area contributed by atoms with E-state index in [-0.39, 0.29) is 30.1 Å². The maximum atomic E-state index is 13.0. The lowest BCUT2D eigenvalue weighted by Crippen LogP contribution is -2.29. The zero-order valence-corrected chi connectivity index (χ0v) is 15.7. The van der Waals surface area contributed by atoms with Crippen molar-refractivity contribution in [3.05, 3.63) is 88.5 Å². The Morgan fingerprint density at radius 3 is 2.07 bits per heavy atom. The molecule has 1 aliphatic heterocycles. The van der Waals surface area contributed by atoms with Crippen LogP contribution in [0.4, 0.5) is 0 Å². The highest BCUT2D eigenvalue weighted by Gasteiger charge is 2.24. The average molecular weight is 375 g/mol. The number of carbonyl (C=O) groups is 1. The largest absolute Gasteiger partial charge is 0.507 e. The second-order valence-corrected chi connectivity index (χ2v) is 6.96. The zero-order chi connectivity index (χ0) is 19.7. The van der Waals surface area contributed by atoms with E-state index in [4.69, 9.17) is 9.47 Å². The van der Waals surface area contributed by atoms with E-state index < -0.39 is 0 Å². The number of hydrogen-bond acceptors (Lipinski definition) is 4. The maximum absolute atomic E-state index is 13.0. The fourth-order valence-corrected chi connectivity index (χ4v) is 3.38. The van der Waals surface area contributed by atoms with Gasteiger partial charge >= 0.3 is 0 Å². The van der Waals surface area contributed by atoms with Crippen LogP contribution in [0.5, 0.6) is 17.2 Å². The number of nitrogens with one attached hydrogen (secondary N) is 1. The highest BCUT2D eigenvalue weighted by molar-refractivity contribution is 5.98. The van der Waals surface area contributed by atoms with Gasteiger partial charge in [-0.3, -0.25) is 4.79 Å². The van der Waals surface area contributed by atoms with Crippen LogP contribution in [-0.4, -0.2) is 17.8 Å². The van der Waals surface area contributed by atoms with Gasteiger partial charge in [0.1, 0.15) is 5.75 Å². The molecule has 3 aromatic carbocycles. The molecule has 142 valence electrons. The summed E-state index contributed by atoms with van der Waals surface area (Å²) in [6.07, 6.45) is 0. The molecule has 1 heterocycles. The van der Waals surface area contributed by atoms with Crippen molar-refractivity contribution < 1.29 is 19.4 Å². The van der Waals surface area contributed by atoms with Gasteiger partial charge in [-0.05, 0) is 25.0 Å². The Labute approximate surface area is 163 Å². The summed E-state index contributed by atoms with van der Waals surface area (Å²) in [5.74, 6) is 0.353. The van der Waals surface area contributed by atoms with E-state index >= 15 is 0 Å². The SMILES string of the molecule is Cc1cccc(C(NC(=O)c2cc3c(cc2O)OCO3)c2cccc(C)c2)c1. The van der Waals surface area contributed by atoms with Gasteiger partial charge in [-0.2, -0.15) is 0 Å². The van der Waals surface area contributed by atoms with Crippen LogP contribution >= 0.6 is 0 Å². The van der Waals surface area contributed by atoms with E-state index in [1.807, 2.05) is 62.4 Å². The Bertz CT molecular complexity index is 999. The molecule has 2 N–H and O–H groups in total. The number of hydrogen-bond donors (Lipinski definition) is 2. The van der Waals surface area contributed by atoms with Crippen molar-refractivity contribution in [1.82, 2.24) is 5.32 Å². The molecule has 28 heavy (non-hydrogen) atoms. The highest BCUT2D eigenvalue weighted by Crippen LogP contribution is 2.38. The topological polar surface area (TPSA) is 67.8 Å². The number of amides is 1. The smallest absolute Gasteiger partial charge is 0.255 e. The van der Waals surface area contributed by atoms with E-state index in [2.05, 4.69) is 5.32 Å². The minimum Gasteiger partial charge on any atom is -0.507 e. The van der Waals surface area contributed by atoms with Crippen LogP contribution in [0.15, 0.2) is 60.7 Å². The minimum atomic E-state index is -0.385. The van der Waals surface area contributed by atoms with Gasteiger partial charge in [0, 0.05) is 12.1 Å². The first kappa shape index (κ1) is 17.9. The molecule has 4 rings (SSSR count). The standard InChI is InChI=1S/C23H21NO4/c1-14-5-3-7-16(9-14)22(17-8-4-6-15(2)10-17)24-23(26)18-11-20-21(12-19(18)25)28-13-27-20/h3-12,22,25H,13H2,1-2H3,(H,24,26). The molecule has 0 fully saturated rings. The Balaban J connectivity index is 1.71. The quantitative estimate of drug-likeness (QED) is 0.715. The van der Waals surface area contributed by atoms with Gasteiger partial charge in [0.2, 0.25) is 6.79 Å². The van der Waals surface area contributed by atoms with Crippen LogP contribution < -0.4 is 14.8 Å². The van der Waals surface area contributed by atoms with E-state index in [1.165, 1.54) is 12.1 Å². The summed E-state index contributed by atoms with van der Waals surface area (Å²) in [6, 6.07) is 18.6. The van der Waals surface area contributed by atoms with Gasteiger partial charge in [-0.15, -0.1) is 0 Å². The molecule has 0 aromatic heterocycles. The van der Waals surface area contributed by atoms with Gasteiger partial charge in [0.25, 0.3) is 5.91 Å². The minimum absolute atomic E-state index is 0.0784. The zero-order valence-electron chi connectivity index (χ0n) is 15.7. The fraction of sp³-hybridized carbons (Fsp3) is 0.174. The average Bonchev–Trinajstić information content (AvgIpc) is 3.12. The lowest BCUT2D eigenvalue weighted by molar-refractivity contribution is 0.0940. The predicted octanol–water partition coefficient (Wildman–Crippen LogP) is 4.26. The van der Waals surface area contributed by atoms with E-state index in [9.17, 15) is 9.90 Å². The van der Waals surface area contributed by atoms with Crippen molar-refractivity contribution in [2.75, 3.05) is 6.79 Å². The second kappa shape index (κ2) is 7.27. The van der Waals surface area contributed by atoms with Crippen LogP contribution in [0.1, 0.15) is 38.7 Å². The molecule has 1 amide bonds. The maximum Gasteiger partial charge on any atom is 0.255 e. The van der Waals surface area contributed by atoms with Crippen molar-refractivity contribution >= 4 is 5.91 Å². The van der Waals surface area contributed by atoms with Gasteiger partial charge in [-0.1, -0.05) is 59.7 Å². The molecular weight excluding hydrogens is 354 g/mol. The third-order valence-electron chi connectivity index (χ3n) is 4.76. The van der Waals surface area contributed by atoms with Crippen LogP contribution in [0, 0.1) is 13.8 Å². The number of fused-ring (bicyclic) bond motifs is 1. The van der Waals surface area contributed by atoms with Crippen molar-refractivity contribution in [2.24, 2.45) is 0 Å². The number of benzene rings is 3. The van der Waals surface area contributed by atoms with Gasteiger partial charge < -0.3 is 19.9 Å². The molecule has 1 aliphatic rings. The third-order valence-corrected chi connectivity index (χ3v) is 4.76. The number of phenolic OH excluding ortho intramolecular Hbond substituents is 1. The lowest BCUT2D eigenvalue weighted by atomic mass is 9.95. The summed E-state index contributed by atoms with van der Waals surface area (Å²) in [5.41, 5.74) is 4.30. The fourth-order valence-electron chi connectivity index (χ4n) is 3.38. The molecule has 0 radical (unpaired) electrons. The van der Waals surface area contributed by atoms with Crippen molar-refractivity contribution in [3.63, 3.8) is 0 Å². The van der Waals surface area contributed by atoms with Crippen LogP contribution in [0.2, 0.25) is 0 Å². The van der Waals surface area contributed by atoms with Crippen LogP contribution in [-0.2, 0) is 0 Å². The Morgan fingerprint density at radius 1 is 0.929 bits per heavy atom.